The van der Waals surface area contributed by atoms with Crippen LogP contribution in [0.2, 0.25) is 0 Å². The minimum atomic E-state index is -1.34. The smallest absolute Gasteiger partial charge is 0.262 e. The lowest BCUT2D eigenvalue weighted by atomic mass is 9.99. The molecule has 1 N–H and O–H groups in total. The van der Waals surface area contributed by atoms with Gasteiger partial charge in [-0.2, -0.15) is 0 Å². The molecule has 0 radical (unpaired) electrons. The molecule has 7 nitrogen and oxygen atoms in total. The molecule has 0 bridgehead atoms. The first kappa shape index (κ1) is 18.5. The molecule has 31 heavy (non-hydrogen) atoms. The first-order valence-corrected chi connectivity index (χ1v) is 11.6. The summed E-state index contributed by atoms with van der Waals surface area (Å²) in [7, 11) is -1.34. The second-order valence-corrected chi connectivity index (χ2v) is 10.1. The summed E-state index contributed by atoms with van der Waals surface area (Å²) in [5, 5.41) is 1.49. The molecule has 156 valence electrons. The van der Waals surface area contributed by atoms with Crippen LogP contribution in [-0.2, 0) is 26.9 Å². The lowest BCUT2D eigenvalue weighted by molar-refractivity contribution is -0.140. The van der Waals surface area contributed by atoms with E-state index in [0.29, 0.717) is 35.4 Å². The fraction of sp³-hybridized carbons (Fsp3) is 0.261. The van der Waals surface area contributed by atoms with E-state index in [1.54, 1.807) is 30.0 Å². The number of aromatic nitrogens is 3. The Bertz CT molecular complexity index is 1470. The summed E-state index contributed by atoms with van der Waals surface area (Å²) in [6, 6.07) is 14.3. The van der Waals surface area contributed by atoms with E-state index in [-0.39, 0.29) is 11.5 Å². The van der Waals surface area contributed by atoms with Gasteiger partial charge in [-0.05, 0) is 30.7 Å². The summed E-state index contributed by atoms with van der Waals surface area (Å²) >= 11 is 0. The third-order valence-corrected chi connectivity index (χ3v) is 8.48. The molecule has 0 saturated carbocycles. The molecule has 1 saturated heterocycles. The average molecular weight is 433 g/mol. The summed E-state index contributed by atoms with van der Waals surface area (Å²) in [6.07, 6.45) is 2.25. The predicted molar refractivity (Wildman–Crippen MR) is 119 cm³/mol. The maximum atomic E-state index is 13.7. The highest BCUT2D eigenvalue weighted by Crippen LogP contribution is 2.42. The van der Waals surface area contributed by atoms with E-state index in [0.717, 1.165) is 16.5 Å². The normalized spacial score (nSPS) is 25.2. The molecular weight excluding hydrogens is 412 g/mol. The number of hydrogen-bond donors (Lipinski definition) is 1. The molecule has 4 aromatic rings. The van der Waals surface area contributed by atoms with Crippen LogP contribution in [-0.4, -0.2) is 41.8 Å². The Morgan fingerprint density at radius 1 is 1.13 bits per heavy atom. The molecule has 0 aliphatic carbocycles. The van der Waals surface area contributed by atoms with Crippen molar-refractivity contribution in [1.82, 2.24) is 19.4 Å². The number of carbonyl (C=O) groups excluding carboxylic acids is 1. The highest BCUT2D eigenvalue weighted by Gasteiger charge is 2.56. The van der Waals surface area contributed by atoms with Crippen LogP contribution in [0.3, 0.4) is 0 Å². The van der Waals surface area contributed by atoms with Crippen molar-refractivity contribution in [3.8, 4) is 0 Å². The Hall–Kier alpha value is -3.26. The first-order chi connectivity index (χ1) is 15.0. The number of H-pyrrole nitrogens is 1. The second kappa shape index (κ2) is 6.37. The third-order valence-electron chi connectivity index (χ3n) is 6.63. The minimum Gasteiger partial charge on any atom is -0.361 e. The number of nitrogens with zero attached hydrogens (tertiary/aromatic N) is 3. The van der Waals surface area contributed by atoms with Crippen LogP contribution in [0.5, 0.6) is 0 Å². The molecule has 1 fully saturated rings. The molecule has 2 aliphatic rings. The van der Waals surface area contributed by atoms with Crippen LogP contribution in [0.4, 0.5) is 0 Å². The van der Waals surface area contributed by atoms with Crippen molar-refractivity contribution in [3.05, 3.63) is 76.5 Å². The molecule has 6 rings (SSSR count). The largest absolute Gasteiger partial charge is 0.361 e. The van der Waals surface area contributed by atoms with Crippen LogP contribution in [0, 0.1) is 0 Å². The average Bonchev–Trinajstić information content (AvgIpc) is 3.33. The molecule has 2 aromatic carbocycles. The van der Waals surface area contributed by atoms with Gasteiger partial charge >= 0.3 is 0 Å². The van der Waals surface area contributed by atoms with Gasteiger partial charge in [0.1, 0.15) is 6.04 Å². The lowest BCUT2D eigenvalue weighted by Gasteiger charge is -2.42. The number of rotatable bonds is 2. The SMILES string of the molecule is C[C@@]12c3nc4ccccc4c(=O)n3[C@@H](Cc3c[nH]c4ccccc34)C(=O)N1CCS2=O. The van der Waals surface area contributed by atoms with Crippen molar-refractivity contribution < 1.29 is 9.00 Å². The van der Waals surface area contributed by atoms with Crippen LogP contribution < -0.4 is 5.56 Å². The number of hydrogen-bond acceptors (Lipinski definition) is 4. The Morgan fingerprint density at radius 2 is 1.87 bits per heavy atom. The number of aromatic amines is 1. The van der Waals surface area contributed by atoms with Gasteiger partial charge in [0, 0.05) is 35.8 Å². The van der Waals surface area contributed by atoms with Crippen LogP contribution in [0.1, 0.15) is 24.4 Å². The van der Waals surface area contributed by atoms with Gasteiger partial charge in [0.25, 0.3) is 5.56 Å². The first-order valence-electron chi connectivity index (χ1n) is 10.3. The van der Waals surface area contributed by atoms with Gasteiger partial charge in [-0.25, -0.2) is 4.98 Å². The standard InChI is InChI=1S/C23H20N4O3S/c1-23-22-25-18-9-5-3-7-16(18)20(28)27(22)19(21(29)26(23)10-11-31(23)30)12-14-13-24-17-8-4-2-6-15(14)17/h2-9,13,19,24H,10-12H2,1H3/t19-,23+,31?/m0/s1. The molecule has 2 aromatic heterocycles. The fourth-order valence-electron chi connectivity index (χ4n) is 4.99. The van der Waals surface area contributed by atoms with Gasteiger partial charge in [0.15, 0.2) is 10.7 Å². The Kier molecular flexibility index (Phi) is 3.80. The number of benzene rings is 2. The van der Waals surface area contributed by atoms with Gasteiger partial charge in [0.05, 0.1) is 21.7 Å². The van der Waals surface area contributed by atoms with E-state index in [4.69, 9.17) is 4.98 Å². The topological polar surface area (TPSA) is 88.1 Å². The molecule has 0 spiro atoms. The third kappa shape index (κ3) is 2.39. The molecule has 3 atom stereocenters. The van der Waals surface area contributed by atoms with Crippen molar-refractivity contribution in [2.75, 3.05) is 12.3 Å². The van der Waals surface area contributed by atoms with Gasteiger partial charge in [0.2, 0.25) is 5.91 Å². The maximum absolute atomic E-state index is 13.7. The maximum Gasteiger partial charge on any atom is 0.262 e. The van der Waals surface area contributed by atoms with Crippen molar-refractivity contribution in [2.45, 2.75) is 24.3 Å². The number of fused-ring (bicyclic) bond motifs is 5. The number of para-hydroxylation sites is 2. The van der Waals surface area contributed by atoms with Crippen LogP contribution in [0.25, 0.3) is 21.8 Å². The van der Waals surface area contributed by atoms with Crippen molar-refractivity contribution >= 4 is 38.5 Å². The minimum absolute atomic E-state index is 0.176. The van der Waals surface area contributed by atoms with Gasteiger partial charge in [-0.3, -0.25) is 18.4 Å². The van der Waals surface area contributed by atoms with Gasteiger partial charge in [-0.1, -0.05) is 30.3 Å². The number of carbonyl (C=O) groups is 1. The zero-order chi connectivity index (χ0) is 21.3. The van der Waals surface area contributed by atoms with Crippen LogP contribution >= 0.6 is 0 Å². The van der Waals surface area contributed by atoms with E-state index in [1.807, 2.05) is 36.5 Å². The van der Waals surface area contributed by atoms with Crippen molar-refractivity contribution in [3.63, 3.8) is 0 Å². The fourth-order valence-corrected chi connectivity index (χ4v) is 6.51. The molecule has 2 aliphatic heterocycles. The van der Waals surface area contributed by atoms with Crippen LogP contribution in [0.15, 0.2) is 59.5 Å². The summed E-state index contributed by atoms with van der Waals surface area (Å²) in [5.74, 6) is 0.617. The number of nitrogens with one attached hydrogen (secondary N) is 1. The molecular formula is C23H20N4O3S. The molecule has 4 heterocycles. The lowest BCUT2D eigenvalue weighted by Crippen LogP contribution is -2.57. The summed E-state index contributed by atoms with van der Waals surface area (Å²) in [5.41, 5.74) is 2.24. The zero-order valence-corrected chi connectivity index (χ0v) is 17.7. The number of amides is 1. The predicted octanol–water partition coefficient (Wildman–Crippen LogP) is 2.44. The second-order valence-electron chi connectivity index (χ2n) is 8.23. The van der Waals surface area contributed by atoms with Crippen molar-refractivity contribution in [2.24, 2.45) is 0 Å². The summed E-state index contributed by atoms with van der Waals surface area (Å²) < 4.78 is 14.5. The van der Waals surface area contributed by atoms with Crippen molar-refractivity contribution in [1.29, 1.82) is 0 Å². The Labute approximate surface area is 180 Å². The molecule has 1 unspecified atom stereocenters. The summed E-state index contributed by atoms with van der Waals surface area (Å²) in [6.45, 7) is 2.16. The van der Waals surface area contributed by atoms with E-state index in [2.05, 4.69) is 4.98 Å². The van der Waals surface area contributed by atoms with E-state index in [9.17, 15) is 13.8 Å². The van der Waals surface area contributed by atoms with Gasteiger partial charge in [-0.15, -0.1) is 0 Å². The zero-order valence-electron chi connectivity index (χ0n) is 16.9. The Morgan fingerprint density at radius 3 is 2.71 bits per heavy atom. The monoisotopic (exact) mass is 432 g/mol. The highest BCUT2D eigenvalue weighted by molar-refractivity contribution is 7.86. The highest BCUT2D eigenvalue weighted by atomic mass is 32.2. The Balaban J connectivity index is 1.62. The van der Waals surface area contributed by atoms with E-state index >= 15 is 0 Å². The summed E-state index contributed by atoms with van der Waals surface area (Å²) in [4.78, 5) is 35.9. The molecule has 1 amide bonds. The van der Waals surface area contributed by atoms with Gasteiger partial charge < -0.3 is 9.88 Å². The molecule has 8 heteroatoms. The quantitative estimate of drug-likeness (QED) is 0.527. The van der Waals surface area contributed by atoms with E-state index in [1.165, 1.54) is 4.57 Å². The van der Waals surface area contributed by atoms with E-state index < -0.39 is 21.7 Å².